The zero-order chi connectivity index (χ0) is 19.5. The molecule has 0 radical (unpaired) electrons. The fourth-order valence-corrected chi connectivity index (χ4v) is 3.58. The van der Waals surface area contributed by atoms with E-state index in [4.69, 9.17) is 11.6 Å². The highest BCUT2D eigenvalue weighted by molar-refractivity contribution is 7.22. The van der Waals surface area contributed by atoms with Crippen molar-refractivity contribution in [3.8, 4) is 0 Å². The van der Waals surface area contributed by atoms with Gasteiger partial charge in [0.25, 0.3) is 0 Å². The normalized spacial score (nSPS) is 10.8. The molecule has 2 aromatic carbocycles. The topological polar surface area (TPSA) is 106 Å². The SMILES string of the molecule is O=[N+]([O-])c1c(NCc2ccc(Cl)cc2)ncnc1Nc1nc2ccccc2s1. The van der Waals surface area contributed by atoms with E-state index in [1.54, 1.807) is 12.1 Å². The van der Waals surface area contributed by atoms with E-state index in [0.29, 0.717) is 16.7 Å². The lowest BCUT2D eigenvalue weighted by atomic mass is 10.2. The van der Waals surface area contributed by atoms with Crippen LogP contribution in [-0.2, 0) is 6.54 Å². The van der Waals surface area contributed by atoms with Crippen molar-refractivity contribution < 1.29 is 4.92 Å². The maximum absolute atomic E-state index is 11.7. The number of hydrogen-bond acceptors (Lipinski definition) is 8. The Balaban J connectivity index is 1.61. The van der Waals surface area contributed by atoms with Crippen LogP contribution in [-0.4, -0.2) is 19.9 Å². The molecule has 0 saturated carbocycles. The maximum Gasteiger partial charge on any atom is 0.353 e. The van der Waals surface area contributed by atoms with Gasteiger partial charge < -0.3 is 10.6 Å². The molecular formula is C18H13ClN6O2S. The number of halogens is 1. The monoisotopic (exact) mass is 412 g/mol. The first kappa shape index (κ1) is 18.1. The molecule has 4 rings (SSSR count). The van der Waals surface area contributed by atoms with E-state index >= 15 is 0 Å². The quantitative estimate of drug-likeness (QED) is 0.339. The van der Waals surface area contributed by atoms with Crippen molar-refractivity contribution in [1.29, 1.82) is 0 Å². The zero-order valence-corrected chi connectivity index (χ0v) is 15.9. The molecule has 0 aliphatic carbocycles. The third kappa shape index (κ3) is 3.85. The van der Waals surface area contributed by atoms with Gasteiger partial charge in [-0.2, -0.15) is 0 Å². The first-order valence-corrected chi connectivity index (χ1v) is 9.40. The number of thiazole rings is 1. The first-order chi connectivity index (χ1) is 13.6. The van der Waals surface area contributed by atoms with Crippen molar-refractivity contribution >= 4 is 55.6 Å². The predicted octanol–water partition coefficient (Wildman–Crippen LogP) is 5.00. The molecule has 140 valence electrons. The summed E-state index contributed by atoms with van der Waals surface area (Å²) >= 11 is 7.27. The Bertz CT molecular complexity index is 1120. The minimum absolute atomic E-state index is 0.0812. The molecule has 0 bridgehead atoms. The van der Waals surface area contributed by atoms with Gasteiger partial charge in [-0.15, -0.1) is 0 Å². The van der Waals surface area contributed by atoms with E-state index in [2.05, 4.69) is 25.6 Å². The van der Waals surface area contributed by atoms with Gasteiger partial charge in [-0.05, 0) is 29.8 Å². The van der Waals surface area contributed by atoms with Crippen LogP contribution in [0.2, 0.25) is 5.02 Å². The second kappa shape index (κ2) is 7.75. The molecule has 2 heterocycles. The number of aromatic nitrogens is 3. The molecule has 2 aromatic heterocycles. The van der Waals surface area contributed by atoms with Crippen molar-refractivity contribution in [1.82, 2.24) is 15.0 Å². The van der Waals surface area contributed by atoms with Gasteiger partial charge >= 0.3 is 5.69 Å². The number of hydrogen-bond donors (Lipinski definition) is 2. The second-order valence-corrected chi connectivity index (χ2v) is 7.24. The fraction of sp³-hybridized carbons (Fsp3) is 0.0556. The Morgan fingerprint density at radius 3 is 2.57 bits per heavy atom. The van der Waals surface area contributed by atoms with E-state index in [0.717, 1.165) is 15.8 Å². The Labute approximate surface area is 168 Å². The van der Waals surface area contributed by atoms with E-state index in [1.807, 2.05) is 36.4 Å². The lowest BCUT2D eigenvalue weighted by Gasteiger charge is -2.09. The van der Waals surface area contributed by atoms with Crippen molar-refractivity contribution in [2.75, 3.05) is 10.6 Å². The van der Waals surface area contributed by atoms with Gasteiger partial charge in [0, 0.05) is 11.6 Å². The summed E-state index contributed by atoms with van der Waals surface area (Å²) in [4.78, 5) is 23.7. The number of para-hydroxylation sites is 1. The molecule has 0 aliphatic rings. The zero-order valence-electron chi connectivity index (χ0n) is 14.3. The summed E-state index contributed by atoms with van der Waals surface area (Å²) in [7, 11) is 0. The number of benzene rings is 2. The summed E-state index contributed by atoms with van der Waals surface area (Å²) < 4.78 is 0.975. The summed E-state index contributed by atoms with van der Waals surface area (Å²) in [5.74, 6) is 0.205. The van der Waals surface area contributed by atoms with Crippen LogP contribution in [0.1, 0.15) is 5.56 Å². The number of anilines is 3. The van der Waals surface area contributed by atoms with E-state index in [-0.39, 0.29) is 17.3 Å². The van der Waals surface area contributed by atoms with Crippen molar-refractivity contribution in [2.45, 2.75) is 6.54 Å². The van der Waals surface area contributed by atoms with Gasteiger partial charge in [0.1, 0.15) is 6.33 Å². The third-order valence-electron chi connectivity index (χ3n) is 3.90. The molecule has 4 aromatic rings. The molecule has 28 heavy (non-hydrogen) atoms. The van der Waals surface area contributed by atoms with Crippen molar-refractivity contribution in [3.05, 3.63) is 75.6 Å². The lowest BCUT2D eigenvalue weighted by molar-refractivity contribution is -0.383. The van der Waals surface area contributed by atoms with Crippen molar-refractivity contribution in [3.63, 3.8) is 0 Å². The van der Waals surface area contributed by atoms with Gasteiger partial charge in [-0.1, -0.05) is 47.2 Å². The Morgan fingerprint density at radius 2 is 1.82 bits per heavy atom. The predicted molar refractivity (Wildman–Crippen MR) is 110 cm³/mol. The summed E-state index contributed by atoms with van der Waals surface area (Å²) in [6.07, 6.45) is 1.27. The lowest BCUT2D eigenvalue weighted by Crippen LogP contribution is -2.08. The molecule has 0 fully saturated rings. The minimum Gasteiger partial charge on any atom is -0.360 e. The van der Waals surface area contributed by atoms with Crippen LogP contribution in [0.15, 0.2) is 54.9 Å². The molecule has 0 unspecified atom stereocenters. The molecule has 10 heteroatoms. The standard InChI is InChI=1S/C18H13ClN6O2S/c19-12-7-5-11(6-8-12)9-20-16-15(25(26)27)17(22-10-21-16)24-18-23-13-3-1-2-4-14(13)28-18/h1-8,10H,9H2,(H2,20,21,22,23,24). The maximum atomic E-state index is 11.7. The molecule has 0 amide bonds. The molecule has 0 saturated heterocycles. The second-order valence-electron chi connectivity index (χ2n) is 5.77. The van der Waals surface area contributed by atoms with Crippen LogP contribution in [0.5, 0.6) is 0 Å². The Hall–Kier alpha value is -3.30. The molecule has 0 spiro atoms. The van der Waals surface area contributed by atoms with Crippen LogP contribution in [0.3, 0.4) is 0 Å². The molecule has 2 N–H and O–H groups in total. The van der Waals surface area contributed by atoms with E-state index in [1.165, 1.54) is 17.7 Å². The van der Waals surface area contributed by atoms with E-state index < -0.39 is 4.92 Å². The smallest absolute Gasteiger partial charge is 0.353 e. The average molecular weight is 413 g/mol. The van der Waals surface area contributed by atoms with Crippen molar-refractivity contribution in [2.24, 2.45) is 0 Å². The molecule has 8 nitrogen and oxygen atoms in total. The van der Waals surface area contributed by atoms with Gasteiger partial charge in [-0.3, -0.25) is 10.1 Å². The largest absolute Gasteiger partial charge is 0.360 e. The van der Waals surface area contributed by atoms with Gasteiger partial charge in [-0.25, -0.2) is 15.0 Å². The number of nitro groups is 1. The average Bonchev–Trinajstić information content (AvgIpc) is 3.09. The highest BCUT2D eigenvalue weighted by Crippen LogP contribution is 2.34. The fourth-order valence-electron chi connectivity index (χ4n) is 2.59. The Kier molecular flexibility index (Phi) is 5.00. The summed E-state index contributed by atoms with van der Waals surface area (Å²) in [5, 5.41) is 18.8. The first-order valence-electron chi connectivity index (χ1n) is 8.20. The molecule has 0 aliphatic heterocycles. The summed E-state index contributed by atoms with van der Waals surface area (Å²) in [6, 6.07) is 14.8. The van der Waals surface area contributed by atoms with Gasteiger partial charge in [0.15, 0.2) is 5.13 Å². The highest BCUT2D eigenvalue weighted by Gasteiger charge is 2.23. The van der Waals surface area contributed by atoms with Gasteiger partial charge in [0.2, 0.25) is 11.6 Å². The van der Waals surface area contributed by atoms with E-state index in [9.17, 15) is 10.1 Å². The Morgan fingerprint density at radius 1 is 1.07 bits per heavy atom. The summed E-state index contributed by atoms with van der Waals surface area (Å²) in [5.41, 5.74) is 1.49. The van der Waals surface area contributed by atoms with Crippen LogP contribution >= 0.6 is 22.9 Å². The van der Waals surface area contributed by atoms with Crippen LogP contribution < -0.4 is 10.6 Å². The number of rotatable bonds is 6. The summed E-state index contributed by atoms with van der Waals surface area (Å²) in [6.45, 7) is 0.357. The van der Waals surface area contributed by atoms with Crippen LogP contribution in [0.4, 0.5) is 22.5 Å². The third-order valence-corrected chi connectivity index (χ3v) is 5.10. The molecule has 0 atom stereocenters. The number of fused-ring (bicyclic) bond motifs is 1. The van der Waals surface area contributed by atoms with Gasteiger partial charge in [0.05, 0.1) is 15.1 Å². The molecular weight excluding hydrogens is 400 g/mol. The van der Waals surface area contributed by atoms with Crippen LogP contribution in [0, 0.1) is 10.1 Å². The highest BCUT2D eigenvalue weighted by atomic mass is 35.5. The number of nitrogens with zero attached hydrogens (tertiary/aromatic N) is 4. The number of nitrogens with one attached hydrogen (secondary N) is 2. The van der Waals surface area contributed by atoms with Crippen LogP contribution in [0.25, 0.3) is 10.2 Å². The minimum atomic E-state index is -0.514.